The molecule has 1 aliphatic heterocycles. The molecule has 0 aliphatic carbocycles. The lowest BCUT2D eigenvalue weighted by Gasteiger charge is -2.38. The first-order chi connectivity index (χ1) is 11.9. The van der Waals surface area contributed by atoms with Crippen LogP contribution in [0, 0.1) is 11.6 Å². The number of amides is 1. The molecule has 7 heteroatoms. The zero-order valence-electron chi connectivity index (χ0n) is 13.7. The number of halogens is 2. The molecule has 1 heterocycles. The summed E-state index contributed by atoms with van der Waals surface area (Å²) in [7, 11) is 0. The van der Waals surface area contributed by atoms with Gasteiger partial charge in [0.25, 0.3) is 5.91 Å². The van der Waals surface area contributed by atoms with Gasteiger partial charge in [0, 0.05) is 18.8 Å². The SMILES string of the molecule is CC1(c2cccc(NC(=O)c3cc(F)ccc3F)c2)CNCC(N)O1. The van der Waals surface area contributed by atoms with Gasteiger partial charge in [0.15, 0.2) is 0 Å². The second-order valence-corrected chi connectivity index (χ2v) is 6.18. The number of rotatable bonds is 3. The van der Waals surface area contributed by atoms with Crippen LogP contribution in [0.5, 0.6) is 0 Å². The highest BCUT2D eigenvalue weighted by atomic mass is 19.1. The zero-order chi connectivity index (χ0) is 18.0. The Bertz CT molecular complexity index is 800. The molecule has 2 unspecified atom stereocenters. The highest BCUT2D eigenvalue weighted by Gasteiger charge is 2.33. The molecule has 0 radical (unpaired) electrons. The summed E-state index contributed by atoms with van der Waals surface area (Å²) >= 11 is 0. The quantitative estimate of drug-likeness (QED) is 0.797. The molecule has 2 aromatic carbocycles. The van der Waals surface area contributed by atoms with Crippen LogP contribution in [0.3, 0.4) is 0 Å². The molecule has 0 saturated carbocycles. The number of morpholine rings is 1. The van der Waals surface area contributed by atoms with E-state index >= 15 is 0 Å². The molecule has 1 aliphatic rings. The lowest BCUT2D eigenvalue weighted by molar-refractivity contribution is -0.107. The van der Waals surface area contributed by atoms with E-state index in [0.717, 1.165) is 23.8 Å². The maximum Gasteiger partial charge on any atom is 0.258 e. The highest BCUT2D eigenvalue weighted by Crippen LogP contribution is 2.29. The molecule has 2 atom stereocenters. The molecular weight excluding hydrogens is 328 g/mol. The Morgan fingerprint density at radius 1 is 1.32 bits per heavy atom. The Morgan fingerprint density at radius 3 is 2.88 bits per heavy atom. The van der Waals surface area contributed by atoms with Crippen molar-refractivity contribution < 1.29 is 18.3 Å². The first-order valence-electron chi connectivity index (χ1n) is 7.88. The van der Waals surface area contributed by atoms with E-state index in [0.29, 0.717) is 18.8 Å². The highest BCUT2D eigenvalue weighted by molar-refractivity contribution is 6.04. The van der Waals surface area contributed by atoms with Crippen molar-refractivity contribution >= 4 is 11.6 Å². The monoisotopic (exact) mass is 347 g/mol. The largest absolute Gasteiger partial charge is 0.350 e. The van der Waals surface area contributed by atoms with E-state index < -0.39 is 29.4 Å². The second-order valence-electron chi connectivity index (χ2n) is 6.18. The van der Waals surface area contributed by atoms with Crippen molar-refractivity contribution in [2.75, 3.05) is 18.4 Å². The minimum absolute atomic E-state index is 0.353. The Hall–Kier alpha value is -2.35. The molecule has 1 fully saturated rings. The molecule has 1 saturated heterocycles. The van der Waals surface area contributed by atoms with Gasteiger partial charge in [-0.25, -0.2) is 8.78 Å². The standard InChI is InChI=1S/C18H19F2N3O2/c1-18(10-22-9-16(21)25-18)11-3-2-4-13(7-11)23-17(24)14-8-12(19)5-6-15(14)20/h2-8,16,22H,9-10,21H2,1H3,(H,23,24). The molecule has 0 spiro atoms. The summed E-state index contributed by atoms with van der Waals surface area (Å²) in [4.78, 5) is 12.2. The van der Waals surface area contributed by atoms with Gasteiger partial charge in [-0.15, -0.1) is 0 Å². The molecular formula is C18H19F2N3O2. The molecule has 0 bridgehead atoms. The average molecular weight is 347 g/mol. The Labute approximate surface area is 144 Å². The molecule has 2 aromatic rings. The summed E-state index contributed by atoms with van der Waals surface area (Å²) in [6.07, 6.45) is -0.432. The van der Waals surface area contributed by atoms with E-state index in [1.807, 2.05) is 13.0 Å². The van der Waals surface area contributed by atoms with E-state index in [9.17, 15) is 13.6 Å². The molecule has 0 aromatic heterocycles. The number of anilines is 1. The third-order valence-corrected chi connectivity index (χ3v) is 4.12. The van der Waals surface area contributed by atoms with E-state index in [-0.39, 0.29) is 5.56 Å². The van der Waals surface area contributed by atoms with Crippen molar-refractivity contribution in [1.29, 1.82) is 0 Å². The molecule has 25 heavy (non-hydrogen) atoms. The summed E-state index contributed by atoms with van der Waals surface area (Å²) in [6.45, 7) is 3.02. The number of hydrogen-bond donors (Lipinski definition) is 3. The lowest BCUT2D eigenvalue weighted by atomic mass is 9.94. The third-order valence-electron chi connectivity index (χ3n) is 4.12. The van der Waals surface area contributed by atoms with Crippen LogP contribution in [0.4, 0.5) is 14.5 Å². The predicted octanol–water partition coefficient (Wildman–Crippen LogP) is 2.34. The summed E-state index contributed by atoms with van der Waals surface area (Å²) < 4.78 is 32.8. The first kappa shape index (κ1) is 17.5. The molecule has 1 amide bonds. The van der Waals surface area contributed by atoms with Gasteiger partial charge < -0.3 is 21.1 Å². The van der Waals surface area contributed by atoms with Gasteiger partial charge in [0.2, 0.25) is 0 Å². The van der Waals surface area contributed by atoms with Crippen molar-refractivity contribution in [3.63, 3.8) is 0 Å². The summed E-state index contributed by atoms with van der Waals surface area (Å²) in [5.41, 5.74) is 6.11. The van der Waals surface area contributed by atoms with Gasteiger partial charge in [-0.3, -0.25) is 4.79 Å². The number of carbonyl (C=O) groups is 1. The minimum Gasteiger partial charge on any atom is -0.350 e. The summed E-state index contributed by atoms with van der Waals surface area (Å²) in [6, 6.07) is 9.75. The number of nitrogens with one attached hydrogen (secondary N) is 2. The zero-order valence-corrected chi connectivity index (χ0v) is 13.7. The van der Waals surface area contributed by atoms with Gasteiger partial charge in [0.05, 0.1) is 5.56 Å². The number of carbonyl (C=O) groups excluding carboxylic acids is 1. The fourth-order valence-electron chi connectivity index (χ4n) is 2.84. The maximum absolute atomic E-state index is 13.7. The van der Waals surface area contributed by atoms with Crippen molar-refractivity contribution in [1.82, 2.24) is 5.32 Å². The molecule has 5 nitrogen and oxygen atoms in total. The van der Waals surface area contributed by atoms with Crippen LogP contribution in [0.25, 0.3) is 0 Å². The van der Waals surface area contributed by atoms with Crippen molar-refractivity contribution in [2.24, 2.45) is 5.73 Å². The van der Waals surface area contributed by atoms with E-state index in [2.05, 4.69) is 10.6 Å². The number of nitrogens with two attached hydrogens (primary N) is 1. The number of benzene rings is 2. The summed E-state index contributed by atoms with van der Waals surface area (Å²) in [5.74, 6) is -2.19. The van der Waals surface area contributed by atoms with Crippen molar-refractivity contribution in [3.8, 4) is 0 Å². The maximum atomic E-state index is 13.7. The van der Waals surface area contributed by atoms with Crippen molar-refractivity contribution in [3.05, 3.63) is 65.2 Å². The van der Waals surface area contributed by atoms with Gasteiger partial charge in [-0.05, 0) is 42.8 Å². The topological polar surface area (TPSA) is 76.4 Å². The fourth-order valence-corrected chi connectivity index (χ4v) is 2.84. The molecule has 132 valence electrons. The van der Waals surface area contributed by atoms with Crippen LogP contribution in [0.2, 0.25) is 0 Å². The third kappa shape index (κ3) is 3.84. The Morgan fingerprint density at radius 2 is 2.12 bits per heavy atom. The van der Waals surface area contributed by atoms with Gasteiger partial charge >= 0.3 is 0 Å². The normalized spacial score (nSPS) is 23.3. The van der Waals surface area contributed by atoms with Crippen LogP contribution in [-0.2, 0) is 10.3 Å². The van der Waals surface area contributed by atoms with Crippen molar-refractivity contribution in [2.45, 2.75) is 18.8 Å². The van der Waals surface area contributed by atoms with Gasteiger partial charge in [0.1, 0.15) is 23.5 Å². The number of hydrogen-bond acceptors (Lipinski definition) is 4. The summed E-state index contributed by atoms with van der Waals surface area (Å²) in [5, 5.41) is 5.78. The average Bonchev–Trinajstić information content (AvgIpc) is 2.57. The lowest BCUT2D eigenvalue weighted by Crippen LogP contribution is -2.53. The first-order valence-corrected chi connectivity index (χ1v) is 7.88. The molecule has 4 N–H and O–H groups in total. The predicted molar refractivity (Wildman–Crippen MR) is 90.0 cm³/mol. The minimum atomic E-state index is -0.784. The smallest absolute Gasteiger partial charge is 0.258 e. The number of ether oxygens (including phenoxy) is 1. The van der Waals surface area contributed by atoms with Crippen LogP contribution in [-0.4, -0.2) is 25.2 Å². The Balaban J connectivity index is 1.82. The van der Waals surface area contributed by atoms with Crippen LogP contribution >= 0.6 is 0 Å². The van der Waals surface area contributed by atoms with E-state index in [1.165, 1.54) is 0 Å². The van der Waals surface area contributed by atoms with E-state index in [4.69, 9.17) is 10.5 Å². The van der Waals surface area contributed by atoms with Gasteiger partial charge in [-0.1, -0.05) is 12.1 Å². The second kappa shape index (κ2) is 6.87. The molecule has 3 rings (SSSR count). The van der Waals surface area contributed by atoms with Crippen LogP contribution < -0.4 is 16.4 Å². The fraction of sp³-hybridized carbons (Fsp3) is 0.278. The van der Waals surface area contributed by atoms with Crippen LogP contribution in [0.1, 0.15) is 22.8 Å². The Kier molecular flexibility index (Phi) is 4.80. The van der Waals surface area contributed by atoms with Gasteiger partial charge in [-0.2, -0.15) is 0 Å². The van der Waals surface area contributed by atoms with Crippen LogP contribution in [0.15, 0.2) is 42.5 Å². The van der Waals surface area contributed by atoms with E-state index in [1.54, 1.807) is 18.2 Å².